The van der Waals surface area contributed by atoms with Gasteiger partial charge in [-0.25, -0.2) is 9.97 Å². The van der Waals surface area contributed by atoms with Gasteiger partial charge in [-0.15, -0.1) is 0 Å². The largest absolute Gasteiger partial charge is 0.353 e. The highest BCUT2D eigenvalue weighted by Crippen LogP contribution is 2.27. The van der Waals surface area contributed by atoms with Gasteiger partial charge in [0.15, 0.2) is 0 Å². The lowest BCUT2D eigenvalue weighted by Gasteiger charge is -2.36. The van der Waals surface area contributed by atoms with E-state index in [9.17, 15) is 4.79 Å². The van der Waals surface area contributed by atoms with Crippen LogP contribution < -0.4 is 4.90 Å². The van der Waals surface area contributed by atoms with Gasteiger partial charge in [-0.3, -0.25) is 4.79 Å². The van der Waals surface area contributed by atoms with Crippen LogP contribution in [0.15, 0.2) is 48.5 Å². The smallest absolute Gasteiger partial charge is 0.255 e. The number of hydrogen-bond donors (Lipinski definition) is 0. The Hall–Kier alpha value is -2.63. The highest BCUT2D eigenvalue weighted by molar-refractivity contribution is 6.36. The Morgan fingerprint density at radius 1 is 0.968 bits per heavy atom. The SMILES string of the molecule is Cc1nc(C)c(Cc2ccccc2)c(N2CCN(C(=O)c3ccc(Cl)cc3Cl)CC2)n1. The molecule has 0 radical (unpaired) electrons. The van der Waals surface area contributed by atoms with E-state index >= 15 is 0 Å². The molecule has 0 unspecified atom stereocenters. The summed E-state index contributed by atoms with van der Waals surface area (Å²) in [5, 5.41) is 0.902. The van der Waals surface area contributed by atoms with Crippen molar-refractivity contribution in [1.82, 2.24) is 14.9 Å². The molecule has 160 valence electrons. The molecule has 1 aliphatic heterocycles. The van der Waals surface area contributed by atoms with Crippen LogP contribution in [0, 0.1) is 13.8 Å². The zero-order chi connectivity index (χ0) is 22.0. The molecular weight excluding hydrogens is 431 g/mol. The second kappa shape index (κ2) is 9.25. The van der Waals surface area contributed by atoms with Gasteiger partial charge in [0.1, 0.15) is 11.6 Å². The zero-order valence-electron chi connectivity index (χ0n) is 17.6. The molecule has 4 rings (SSSR count). The van der Waals surface area contributed by atoms with Crippen LogP contribution in [0.2, 0.25) is 10.0 Å². The van der Waals surface area contributed by atoms with Crippen molar-refractivity contribution in [1.29, 1.82) is 0 Å². The van der Waals surface area contributed by atoms with Gasteiger partial charge < -0.3 is 9.80 Å². The minimum Gasteiger partial charge on any atom is -0.353 e. The molecule has 0 aliphatic carbocycles. The van der Waals surface area contributed by atoms with Crippen LogP contribution in [0.1, 0.15) is 33.0 Å². The first-order valence-electron chi connectivity index (χ1n) is 10.3. The fraction of sp³-hybridized carbons (Fsp3) is 0.292. The van der Waals surface area contributed by atoms with Crippen molar-refractivity contribution in [3.8, 4) is 0 Å². The summed E-state index contributed by atoms with van der Waals surface area (Å²) in [7, 11) is 0. The molecule has 0 bridgehead atoms. The first-order chi connectivity index (χ1) is 14.9. The maximum Gasteiger partial charge on any atom is 0.255 e. The minimum absolute atomic E-state index is 0.0686. The standard InChI is InChI=1S/C24H24Cl2N4O/c1-16-21(14-18-6-4-3-5-7-18)23(28-17(2)27-16)29-10-12-30(13-11-29)24(31)20-9-8-19(25)15-22(20)26/h3-9,15H,10-14H2,1-2H3. The lowest BCUT2D eigenvalue weighted by Crippen LogP contribution is -2.49. The van der Waals surface area contributed by atoms with Gasteiger partial charge in [0.05, 0.1) is 10.6 Å². The maximum atomic E-state index is 12.9. The lowest BCUT2D eigenvalue weighted by molar-refractivity contribution is 0.0746. The summed E-state index contributed by atoms with van der Waals surface area (Å²) in [5.41, 5.74) is 3.85. The Kier molecular flexibility index (Phi) is 6.44. The van der Waals surface area contributed by atoms with Crippen molar-refractivity contribution in [2.45, 2.75) is 20.3 Å². The molecular formula is C24H24Cl2N4O. The molecule has 2 heterocycles. The average molecular weight is 455 g/mol. The van der Waals surface area contributed by atoms with E-state index in [1.54, 1.807) is 18.2 Å². The molecule has 1 saturated heterocycles. The molecule has 1 fully saturated rings. The molecule has 3 aromatic rings. The molecule has 5 nitrogen and oxygen atoms in total. The number of hydrogen-bond acceptors (Lipinski definition) is 4. The number of carbonyl (C=O) groups is 1. The summed E-state index contributed by atoms with van der Waals surface area (Å²) in [6, 6.07) is 15.3. The number of halogens is 2. The highest BCUT2D eigenvalue weighted by atomic mass is 35.5. The second-order valence-electron chi connectivity index (χ2n) is 7.72. The van der Waals surface area contributed by atoms with E-state index in [0.29, 0.717) is 41.8 Å². The van der Waals surface area contributed by atoms with Crippen molar-refractivity contribution in [2.75, 3.05) is 31.1 Å². The van der Waals surface area contributed by atoms with Crippen LogP contribution in [0.4, 0.5) is 5.82 Å². The molecule has 0 N–H and O–H groups in total. The Bertz CT molecular complexity index is 1100. The average Bonchev–Trinajstić information content (AvgIpc) is 2.76. The molecule has 31 heavy (non-hydrogen) atoms. The van der Waals surface area contributed by atoms with Crippen LogP contribution >= 0.6 is 23.2 Å². The molecule has 2 aromatic carbocycles. The first kappa shape index (κ1) is 21.6. The van der Waals surface area contributed by atoms with Crippen molar-refractivity contribution in [3.05, 3.63) is 86.8 Å². The monoisotopic (exact) mass is 454 g/mol. The molecule has 0 saturated carbocycles. The van der Waals surface area contributed by atoms with Gasteiger partial charge in [0.25, 0.3) is 5.91 Å². The van der Waals surface area contributed by atoms with Crippen molar-refractivity contribution < 1.29 is 4.79 Å². The number of carbonyl (C=O) groups excluding carboxylic acids is 1. The van der Waals surface area contributed by atoms with Crippen LogP contribution in [-0.2, 0) is 6.42 Å². The summed E-state index contributed by atoms with van der Waals surface area (Å²) >= 11 is 12.2. The molecule has 1 amide bonds. The van der Waals surface area contributed by atoms with Crippen molar-refractivity contribution in [3.63, 3.8) is 0 Å². The number of anilines is 1. The number of rotatable bonds is 4. The summed E-state index contributed by atoms with van der Waals surface area (Å²) in [4.78, 5) is 26.4. The van der Waals surface area contributed by atoms with E-state index in [2.05, 4.69) is 22.0 Å². The number of aryl methyl sites for hydroxylation is 2. The predicted molar refractivity (Wildman–Crippen MR) is 125 cm³/mol. The highest BCUT2D eigenvalue weighted by Gasteiger charge is 2.26. The molecule has 1 aliphatic rings. The fourth-order valence-corrected chi connectivity index (χ4v) is 4.43. The molecule has 1 aromatic heterocycles. The maximum absolute atomic E-state index is 12.9. The van der Waals surface area contributed by atoms with Crippen LogP contribution in [0.3, 0.4) is 0 Å². The molecule has 0 atom stereocenters. The van der Waals surface area contributed by atoms with Gasteiger partial charge in [-0.05, 0) is 37.6 Å². The van der Waals surface area contributed by atoms with Crippen molar-refractivity contribution >= 4 is 34.9 Å². The number of piperazine rings is 1. The van der Waals surface area contributed by atoms with Gasteiger partial charge in [-0.1, -0.05) is 53.5 Å². The topological polar surface area (TPSA) is 49.3 Å². The van der Waals surface area contributed by atoms with Crippen molar-refractivity contribution in [2.24, 2.45) is 0 Å². The van der Waals surface area contributed by atoms with Gasteiger partial charge in [0, 0.05) is 48.9 Å². The van der Waals surface area contributed by atoms with Crippen LogP contribution in [0.25, 0.3) is 0 Å². The molecule has 0 spiro atoms. The van der Waals surface area contributed by atoms with E-state index in [4.69, 9.17) is 28.2 Å². The number of amides is 1. The Morgan fingerprint density at radius 2 is 1.68 bits per heavy atom. The normalized spacial score (nSPS) is 14.1. The predicted octanol–water partition coefficient (Wildman–Crippen LogP) is 4.95. The quantitative estimate of drug-likeness (QED) is 0.559. The number of aromatic nitrogens is 2. The zero-order valence-corrected chi connectivity index (χ0v) is 19.1. The van der Waals surface area contributed by atoms with E-state index in [1.165, 1.54) is 5.56 Å². The number of benzene rings is 2. The minimum atomic E-state index is -0.0686. The van der Waals surface area contributed by atoms with E-state index in [-0.39, 0.29) is 5.91 Å². The van der Waals surface area contributed by atoms with Crippen LogP contribution in [0.5, 0.6) is 0 Å². The lowest BCUT2D eigenvalue weighted by atomic mass is 10.0. The summed E-state index contributed by atoms with van der Waals surface area (Å²) in [5.74, 6) is 1.65. The van der Waals surface area contributed by atoms with Gasteiger partial charge >= 0.3 is 0 Å². The van der Waals surface area contributed by atoms with E-state index in [0.717, 1.165) is 29.3 Å². The van der Waals surface area contributed by atoms with Gasteiger partial charge in [-0.2, -0.15) is 0 Å². The van der Waals surface area contributed by atoms with E-state index < -0.39 is 0 Å². The van der Waals surface area contributed by atoms with E-state index in [1.807, 2.05) is 36.9 Å². The van der Waals surface area contributed by atoms with Crippen LogP contribution in [-0.4, -0.2) is 47.0 Å². The summed E-state index contributed by atoms with van der Waals surface area (Å²) in [6.07, 6.45) is 0.780. The third kappa shape index (κ3) is 4.83. The fourth-order valence-electron chi connectivity index (χ4n) is 3.94. The first-order valence-corrected chi connectivity index (χ1v) is 11.1. The Labute approximate surface area is 192 Å². The summed E-state index contributed by atoms with van der Waals surface area (Å²) < 4.78 is 0. The summed E-state index contributed by atoms with van der Waals surface area (Å²) in [6.45, 7) is 6.57. The Balaban J connectivity index is 1.52. The number of nitrogens with zero attached hydrogens (tertiary/aromatic N) is 4. The third-order valence-electron chi connectivity index (χ3n) is 5.56. The second-order valence-corrected chi connectivity index (χ2v) is 8.57. The van der Waals surface area contributed by atoms with Gasteiger partial charge in [0.2, 0.25) is 0 Å². The third-order valence-corrected chi connectivity index (χ3v) is 6.10. The Morgan fingerprint density at radius 3 is 2.35 bits per heavy atom. The molecule has 7 heteroatoms.